The third-order valence-electron chi connectivity index (χ3n) is 6.92. The van der Waals surface area contributed by atoms with Crippen LogP contribution in [0, 0.1) is 5.41 Å². The van der Waals surface area contributed by atoms with Crippen LogP contribution in [0.25, 0.3) is 0 Å². The molecule has 0 aromatic carbocycles. The summed E-state index contributed by atoms with van der Waals surface area (Å²) in [4.78, 5) is 0. The average Bonchev–Trinajstić information content (AvgIpc) is 2.93. The molecule has 0 aliphatic heterocycles. The van der Waals surface area contributed by atoms with Gasteiger partial charge in [0.15, 0.2) is 8.32 Å². The molecule has 0 aromatic rings. The second-order valence-electron chi connectivity index (χ2n) is 9.82. The molecule has 0 aromatic heterocycles. The van der Waals surface area contributed by atoms with Gasteiger partial charge in [-0.25, -0.2) is 0 Å². The molecule has 1 fully saturated rings. The van der Waals surface area contributed by atoms with Crippen molar-refractivity contribution in [2.75, 3.05) is 27.1 Å². The predicted octanol–water partition coefficient (Wildman–Crippen LogP) is 6.39. The standard InChI is InChI=1S/C23H40O3Si/c1-18(13-15-25-17-24-6)20-11-12-21-19(10-9-14-23(20,21)5)16-26-27(7,8)22(2,3)4/h9-10H,11-17H2,1-8H3/b20-18-. The molecular weight excluding hydrogens is 352 g/mol. The van der Waals surface area contributed by atoms with E-state index >= 15 is 0 Å². The first-order chi connectivity index (χ1) is 12.5. The monoisotopic (exact) mass is 392 g/mol. The molecule has 1 unspecified atom stereocenters. The van der Waals surface area contributed by atoms with E-state index in [4.69, 9.17) is 13.9 Å². The number of allylic oxidation sites excluding steroid dienone is 3. The Hall–Kier alpha value is -0.683. The first-order valence-electron chi connectivity index (χ1n) is 10.3. The fourth-order valence-corrected chi connectivity index (χ4v) is 5.04. The van der Waals surface area contributed by atoms with Crippen molar-refractivity contribution in [3.8, 4) is 0 Å². The Morgan fingerprint density at radius 2 is 1.93 bits per heavy atom. The average molecular weight is 393 g/mol. The number of rotatable bonds is 8. The molecule has 0 heterocycles. The van der Waals surface area contributed by atoms with Crippen molar-refractivity contribution in [3.05, 3.63) is 34.4 Å². The number of hydrogen-bond acceptors (Lipinski definition) is 3. The summed E-state index contributed by atoms with van der Waals surface area (Å²) in [5.41, 5.74) is 6.31. The van der Waals surface area contributed by atoms with Gasteiger partial charge < -0.3 is 13.9 Å². The number of methoxy groups -OCH3 is 1. The lowest BCUT2D eigenvalue weighted by atomic mass is 9.72. The summed E-state index contributed by atoms with van der Waals surface area (Å²) >= 11 is 0. The minimum absolute atomic E-state index is 0.173. The van der Waals surface area contributed by atoms with E-state index < -0.39 is 8.32 Å². The highest BCUT2D eigenvalue weighted by Gasteiger charge is 2.42. The maximum absolute atomic E-state index is 6.55. The summed E-state index contributed by atoms with van der Waals surface area (Å²) in [7, 11) is -0.0612. The van der Waals surface area contributed by atoms with Crippen molar-refractivity contribution < 1.29 is 13.9 Å². The molecule has 2 rings (SSSR count). The van der Waals surface area contributed by atoms with E-state index in [0.29, 0.717) is 6.79 Å². The van der Waals surface area contributed by atoms with Gasteiger partial charge in [0.25, 0.3) is 0 Å². The molecule has 0 saturated heterocycles. The van der Waals surface area contributed by atoms with Gasteiger partial charge in [-0.15, -0.1) is 0 Å². The second-order valence-corrected chi connectivity index (χ2v) is 14.6. The third kappa shape index (κ3) is 5.03. The zero-order valence-electron chi connectivity index (χ0n) is 18.8. The van der Waals surface area contributed by atoms with Crippen LogP contribution in [0.2, 0.25) is 18.1 Å². The Morgan fingerprint density at radius 3 is 2.56 bits per heavy atom. The Balaban J connectivity index is 2.16. The molecule has 4 heteroatoms. The lowest BCUT2D eigenvalue weighted by Crippen LogP contribution is -2.41. The van der Waals surface area contributed by atoms with Crippen LogP contribution in [0.3, 0.4) is 0 Å². The Bertz CT molecular complexity index is 622. The van der Waals surface area contributed by atoms with E-state index in [0.717, 1.165) is 26.1 Å². The number of fused-ring (bicyclic) bond motifs is 1. The van der Waals surface area contributed by atoms with Gasteiger partial charge in [-0.05, 0) is 56.3 Å². The van der Waals surface area contributed by atoms with E-state index in [1.807, 2.05) is 0 Å². The molecule has 0 spiro atoms. The molecule has 2 aliphatic carbocycles. The van der Waals surface area contributed by atoms with E-state index in [2.05, 4.69) is 59.9 Å². The first kappa shape index (κ1) is 22.6. The highest BCUT2D eigenvalue weighted by molar-refractivity contribution is 6.74. The molecule has 1 saturated carbocycles. The molecule has 0 radical (unpaired) electrons. The molecule has 3 nitrogen and oxygen atoms in total. The van der Waals surface area contributed by atoms with E-state index in [9.17, 15) is 0 Å². The molecular formula is C23H40O3Si. The van der Waals surface area contributed by atoms with Crippen molar-refractivity contribution in [3.63, 3.8) is 0 Å². The van der Waals surface area contributed by atoms with Crippen molar-refractivity contribution in [2.24, 2.45) is 5.41 Å². The minimum atomic E-state index is -1.73. The number of hydrogen-bond donors (Lipinski definition) is 0. The molecule has 1 atom stereocenters. The van der Waals surface area contributed by atoms with Crippen LogP contribution in [0.1, 0.15) is 60.3 Å². The first-order valence-corrected chi connectivity index (χ1v) is 13.2. The summed E-state index contributed by atoms with van der Waals surface area (Å²) in [6, 6.07) is 0. The second kappa shape index (κ2) is 8.77. The van der Waals surface area contributed by atoms with Crippen LogP contribution in [-0.4, -0.2) is 35.4 Å². The van der Waals surface area contributed by atoms with Crippen molar-refractivity contribution in [2.45, 2.75) is 78.4 Å². The maximum atomic E-state index is 6.55. The minimum Gasteiger partial charge on any atom is -0.413 e. The van der Waals surface area contributed by atoms with Crippen molar-refractivity contribution in [1.82, 2.24) is 0 Å². The van der Waals surface area contributed by atoms with Crippen LogP contribution in [-0.2, 0) is 13.9 Å². The van der Waals surface area contributed by atoms with Gasteiger partial charge in [0.1, 0.15) is 6.79 Å². The summed E-state index contributed by atoms with van der Waals surface area (Å²) < 4.78 is 17.0. The highest BCUT2D eigenvalue weighted by Crippen LogP contribution is 2.54. The van der Waals surface area contributed by atoms with Crippen LogP contribution in [0.5, 0.6) is 0 Å². The van der Waals surface area contributed by atoms with E-state index in [-0.39, 0.29) is 10.5 Å². The van der Waals surface area contributed by atoms with Crippen LogP contribution >= 0.6 is 0 Å². The Labute approximate surface area is 168 Å². The molecule has 154 valence electrons. The molecule has 0 amide bonds. The lowest BCUT2D eigenvalue weighted by molar-refractivity contribution is -0.0292. The third-order valence-corrected chi connectivity index (χ3v) is 11.4. The smallest absolute Gasteiger partial charge is 0.192 e. The molecule has 27 heavy (non-hydrogen) atoms. The van der Waals surface area contributed by atoms with Crippen molar-refractivity contribution >= 4 is 8.32 Å². The topological polar surface area (TPSA) is 27.7 Å². The van der Waals surface area contributed by atoms with Crippen LogP contribution < -0.4 is 0 Å². The summed E-state index contributed by atoms with van der Waals surface area (Å²) in [6.07, 6.45) is 9.12. The summed E-state index contributed by atoms with van der Waals surface area (Å²) in [6.45, 7) is 18.2. The van der Waals surface area contributed by atoms with Crippen molar-refractivity contribution in [1.29, 1.82) is 0 Å². The summed E-state index contributed by atoms with van der Waals surface area (Å²) in [5.74, 6) is 0. The number of ether oxygens (including phenoxy) is 2. The van der Waals surface area contributed by atoms with Gasteiger partial charge in [0, 0.05) is 12.5 Å². The lowest BCUT2D eigenvalue weighted by Gasteiger charge is -2.38. The van der Waals surface area contributed by atoms with Gasteiger partial charge in [0.2, 0.25) is 0 Å². The SMILES string of the molecule is COCOCC/C(C)=C1/CCC2=C(CO[Si](C)(C)C(C)(C)C)C=CCC21C. The highest BCUT2D eigenvalue weighted by atomic mass is 28.4. The largest absolute Gasteiger partial charge is 0.413 e. The zero-order chi connectivity index (χ0) is 20.3. The summed E-state index contributed by atoms with van der Waals surface area (Å²) in [5, 5.41) is 0.249. The maximum Gasteiger partial charge on any atom is 0.192 e. The van der Waals surface area contributed by atoms with Crippen LogP contribution in [0.15, 0.2) is 34.4 Å². The van der Waals surface area contributed by atoms with Gasteiger partial charge in [-0.3, -0.25) is 0 Å². The Morgan fingerprint density at radius 1 is 1.22 bits per heavy atom. The zero-order valence-corrected chi connectivity index (χ0v) is 19.8. The van der Waals surface area contributed by atoms with Gasteiger partial charge in [-0.1, -0.05) is 56.6 Å². The molecule has 0 N–H and O–H groups in total. The normalized spacial score (nSPS) is 25.2. The van der Waals surface area contributed by atoms with E-state index in [1.54, 1.807) is 18.3 Å². The van der Waals surface area contributed by atoms with Crippen LogP contribution in [0.4, 0.5) is 0 Å². The molecule has 0 bridgehead atoms. The quantitative estimate of drug-likeness (QED) is 0.207. The Kier molecular flexibility index (Phi) is 7.34. The predicted molar refractivity (Wildman–Crippen MR) is 116 cm³/mol. The van der Waals surface area contributed by atoms with Gasteiger partial charge in [-0.2, -0.15) is 0 Å². The fraction of sp³-hybridized carbons (Fsp3) is 0.739. The van der Waals surface area contributed by atoms with E-state index in [1.165, 1.54) is 24.0 Å². The molecule has 2 aliphatic rings. The van der Waals surface area contributed by atoms with Gasteiger partial charge >= 0.3 is 0 Å². The fourth-order valence-electron chi connectivity index (χ4n) is 4.10. The van der Waals surface area contributed by atoms with Gasteiger partial charge in [0.05, 0.1) is 13.2 Å².